The fraction of sp³-hybridized carbons (Fsp3) is 0. The molecule has 0 saturated carbocycles. The molecule has 0 unspecified atom stereocenters. The predicted octanol–water partition coefficient (Wildman–Crippen LogP) is 11.5. The van der Waals surface area contributed by atoms with Gasteiger partial charge in [0.15, 0.2) is 17.5 Å². The van der Waals surface area contributed by atoms with Crippen LogP contribution in [0.1, 0.15) is 0 Å². The van der Waals surface area contributed by atoms with Gasteiger partial charge in [-0.2, -0.15) is 0 Å². The van der Waals surface area contributed by atoms with Crippen LogP contribution in [0.5, 0.6) is 0 Å². The van der Waals surface area contributed by atoms with Crippen LogP contribution in [-0.2, 0) is 0 Å². The third kappa shape index (κ3) is 4.22. The zero-order valence-electron chi connectivity index (χ0n) is 25.6. The quantitative estimate of drug-likeness (QED) is 0.197. The van der Waals surface area contributed by atoms with E-state index in [1.165, 1.54) is 5.56 Å². The Morgan fingerprint density at radius 2 is 0.875 bits per heavy atom. The standard InChI is InChI=1S/C43H25N3O2/c1-3-11-26(12-4-1)34-25-36-35-23-28(20-22-38(35)48-40(36)33-17-8-7-15-30(33)34)42-44-41(27-13-5-2-6-14-27)45-43(46-42)29-19-21-32-31-16-9-10-18-37(31)47-39(32)24-29/h1-25H. The molecule has 0 aliphatic rings. The number of fused-ring (bicyclic) bond motifs is 8. The highest BCUT2D eigenvalue weighted by atomic mass is 16.3. The molecule has 10 rings (SSSR count). The molecule has 0 amide bonds. The van der Waals surface area contributed by atoms with Crippen molar-refractivity contribution in [1.29, 1.82) is 0 Å². The average molecular weight is 616 g/mol. The van der Waals surface area contributed by atoms with Gasteiger partial charge in [-0.05, 0) is 59.0 Å². The molecule has 0 N–H and O–H groups in total. The molecule has 3 aromatic heterocycles. The topological polar surface area (TPSA) is 65.0 Å². The van der Waals surface area contributed by atoms with Gasteiger partial charge in [-0.3, -0.25) is 0 Å². The molecule has 5 nitrogen and oxygen atoms in total. The van der Waals surface area contributed by atoms with Gasteiger partial charge in [0.1, 0.15) is 22.3 Å². The van der Waals surface area contributed by atoms with E-state index in [-0.39, 0.29) is 0 Å². The minimum Gasteiger partial charge on any atom is -0.456 e. The van der Waals surface area contributed by atoms with E-state index in [0.717, 1.165) is 76.9 Å². The average Bonchev–Trinajstić information content (AvgIpc) is 3.73. The van der Waals surface area contributed by atoms with E-state index in [1.807, 2.05) is 72.8 Å². The summed E-state index contributed by atoms with van der Waals surface area (Å²) in [6.07, 6.45) is 0. The summed E-state index contributed by atoms with van der Waals surface area (Å²) in [5.41, 5.74) is 8.33. The monoisotopic (exact) mass is 615 g/mol. The molecule has 10 aromatic rings. The lowest BCUT2D eigenvalue weighted by Crippen LogP contribution is -2.00. The lowest BCUT2D eigenvalue weighted by molar-refractivity contribution is 0.669. The molecule has 0 bridgehead atoms. The molecule has 0 spiro atoms. The summed E-state index contributed by atoms with van der Waals surface area (Å²) in [6, 6.07) is 51.7. The van der Waals surface area contributed by atoms with E-state index in [0.29, 0.717) is 17.5 Å². The lowest BCUT2D eigenvalue weighted by Gasteiger charge is -2.09. The number of benzene rings is 7. The van der Waals surface area contributed by atoms with E-state index in [1.54, 1.807) is 0 Å². The van der Waals surface area contributed by atoms with Crippen LogP contribution in [-0.4, -0.2) is 15.0 Å². The summed E-state index contributed by atoms with van der Waals surface area (Å²) < 4.78 is 12.8. The Labute approximate surface area is 274 Å². The maximum absolute atomic E-state index is 6.54. The third-order valence-corrected chi connectivity index (χ3v) is 9.12. The molecule has 5 heteroatoms. The van der Waals surface area contributed by atoms with E-state index >= 15 is 0 Å². The molecule has 48 heavy (non-hydrogen) atoms. The third-order valence-electron chi connectivity index (χ3n) is 9.12. The van der Waals surface area contributed by atoms with Gasteiger partial charge in [0.05, 0.1) is 0 Å². The van der Waals surface area contributed by atoms with Gasteiger partial charge in [-0.15, -0.1) is 0 Å². The van der Waals surface area contributed by atoms with Crippen LogP contribution < -0.4 is 0 Å². The van der Waals surface area contributed by atoms with Crippen molar-refractivity contribution in [3.8, 4) is 45.3 Å². The summed E-state index contributed by atoms with van der Waals surface area (Å²) >= 11 is 0. The van der Waals surface area contributed by atoms with Gasteiger partial charge in [0.25, 0.3) is 0 Å². The Morgan fingerprint density at radius 1 is 0.312 bits per heavy atom. The number of furan rings is 2. The molecule has 0 aliphatic heterocycles. The lowest BCUT2D eigenvalue weighted by atomic mass is 9.95. The number of para-hydroxylation sites is 1. The van der Waals surface area contributed by atoms with Gasteiger partial charge in [0.2, 0.25) is 0 Å². The molecule has 0 fully saturated rings. The molecule has 3 heterocycles. The Bertz CT molecular complexity index is 2840. The Morgan fingerprint density at radius 3 is 1.65 bits per heavy atom. The van der Waals surface area contributed by atoms with Crippen LogP contribution in [0.3, 0.4) is 0 Å². The number of nitrogens with zero attached hydrogens (tertiary/aromatic N) is 3. The number of rotatable bonds is 4. The molecule has 224 valence electrons. The largest absolute Gasteiger partial charge is 0.456 e. The normalized spacial score (nSPS) is 11.8. The highest BCUT2D eigenvalue weighted by Gasteiger charge is 2.18. The van der Waals surface area contributed by atoms with Crippen molar-refractivity contribution in [2.45, 2.75) is 0 Å². The molecule has 0 aliphatic carbocycles. The first kappa shape index (κ1) is 26.6. The summed E-state index contributed by atoms with van der Waals surface area (Å²) in [7, 11) is 0. The second kappa shape index (κ2) is 10.5. The van der Waals surface area contributed by atoms with E-state index < -0.39 is 0 Å². The molecule has 0 radical (unpaired) electrons. The van der Waals surface area contributed by atoms with Crippen molar-refractivity contribution in [2.75, 3.05) is 0 Å². The Balaban J connectivity index is 1.18. The zero-order chi connectivity index (χ0) is 31.6. The van der Waals surface area contributed by atoms with Gasteiger partial charge < -0.3 is 8.83 Å². The Hall–Kier alpha value is -6.59. The second-order valence-corrected chi connectivity index (χ2v) is 12.0. The summed E-state index contributed by atoms with van der Waals surface area (Å²) in [6.45, 7) is 0. The smallest absolute Gasteiger partial charge is 0.164 e. The first-order chi connectivity index (χ1) is 23.8. The van der Waals surface area contributed by atoms with Crippen LogP contribution in [0.4, 0.5) is 0 Å². The van der Waals surface area contributed by atoms with Gasteiger partial charge in [0, 0.05) is 43.6 Å². The van der Waals surface area contributed by atoms with Crippen molar-refractivity contribution in [3.05, 3.63) is 152 Å². The fourth-order valence-electron chi connectivity index (χ4n) is 6.81. The van der Waals surface area contributed by atoms with Gasteiger partial charge in [-0.25, -0.2) is 15.0 Å². The molecule has 7 aromatic carbocycles. The van der Waals surface area contributed by atoms with E-state index in [9.17, 15) is 0 Å². The van der Waals surface area contributed by atoms with Crippen LogP contribution in [0, 0.1) is 0 Å². The van der Waals surface area contributed by atoms with E-state index in [2.05, 4.69) is 78.9 Å². The van der Waals surface area contributed by atoms with Gasteiger partial charge in [-0.1, -0.05) is 109 Å². The molecular weight excluding hydrogens is 590 g/mol. The number of aromatic nitrogens is 3. The van der Waals surface area contributed by atoms with Crippen molar-refractivity contribution >= 4 is 54.6 Å². The van der Waals surface area contributed by atoms with Crippen LogP contribution >= 0.6 is 0 Å². The van der Waals surface area contributed by atoms with Crippen LogP contribution in [0.15, 0.2) is 160 Å². The maximum Gasteiger partial charge on any atom is 0.164 e. The van der Waals surface area contributed by atoms with Crippen LogP contribution in [0.2, 0.25) is 0 Å². The Kier molecular flexibility index (Phi) is 5.81. The van der Waals surface area contributed by atoms with E-state index in [4.69, 9.17) is 23.8 Å². The minimum absolute atomic E-state index is 0.579. The van der Waals surface area contributed by atoms with Crippen LogP contribution in [0.25, 0.3) is 99.9 Å². The zero-order valence-corrected chi connectivity index (χ0v) is 25.6. The summed E-state index contributed by atoms with van der Waals surface area (Å²) in [5, 5.41) is 6.46. The van der Waals surface area contributed by atoms with Gasteiger partial charge >= 0.3 is 0 Å². The minimum atomic E-state index is 0.579. The SMILES string of the molecule is c1ccc(-c2nc(-c3ccc4c(c3)oc3ccccc34)nc(-c3ccc4oc5c6ccccc6c(-c6ccccc6)cc5c4c3)n2)cc1. The molecular formula is C43H25N3O2. The molecule has 0 saturated heterocycles. The predicted molar refractivity (Wildman–Crippen MR) is 194 cm³/mol. The van der Waals surface area contributed by atoms with Crippen molar-refractivity contribution < 1.29 is 8.83 Å². The first-order valence-electron chi connectivity index (χ1n) is 15.9. The first-order valence-corrected chi connectivity index (χ1v) is 15.9. The van der Waals surface area contributed by atoms with Crippen molar-refractivity contribution in [2.24, 2.45) is 0 Å². The number of hydrogen-bond acceptors (Lipinski definition) is 5. The fourth-order valence-corrected chi connectivity index (χ4v) is 6.81. The van der Waals surface area contributed by atoms with Crippen molar-refractivity contribution in [1.82, 2.24) is 15.0 Å². The highest BCUT2D eigenvalue weighted by molar-refractivity contribution is 6.19. The summed E-state index contributed by atoms with van der Waals surface area (Å²) in [5.74, 6) is 1.77. The van der Waals surface area contributed by atoms with Crippen molar-refractivity contribution in [3.63, 3.8) is 0 Å². The molecule has 0 atom stereocenters. The number of hydrogen-bond donors (Lipinski definition) is 0. The second-order valence-electron chi connectivity index (χ2n) is 12.0. The summed E-state index contributed by atoms with van der Waals surface area (Å²) in [4.78, 5) is 15.0. The maximum atomic E-state index is 6.54. The highest BCUT2D eigenvalue weighted by Crippen LogP contribution is 2.41.